The van der Waals surface area contributed by atoms with Gasteiger partial charge in [0.15, 0.2) is 0 Å². The van der Waals surface area contributed by atoms with Gasteiger partial charge in [-0.05, 0) is 25.3 Å². The zero-order valence-electron chi connectivity index (χ0n) is 15.2. The molecule has 1 N–H and O–H groups in total. The molecular formula is C20H29NO4. The normalized spacial score (nSPS) is 21.0. The predicted octanol–water partition coefficient (Wildman–Crippen LogP) is 3.36. The smallest absolute Gasteiger partial charge is 0.323 e. The largest absolute Gasteiger partial charge is 0.461 e. The van der Waals surface area contributed by atoms with Gasteiger partial charge in [0, 0.05) is 6.42 Å². The minimum absolute atomic E-state index is 0.0330. The van der Waals surface area contributed by atoms with E-state index in [0.29, 0.717) is 6.42 Å². The van der Waals surface area contributed by atoms with Crippen LogP contribution in [0.5, 0.6) is 0 Å². The summed E-state index contributed by atoms with van der Waals surface area (Å²) in [6.07, 6.45) is 6.15. The molecular weight excluding hydrogens is 318 g/mol. The molecule has 138 valence electrons. The summed E-state index contributed by atoms with van der Waals surface area (Å²) in [6.45, 7) is 4.13. The zero-order valence-corrected chi connectivity index (χ0v) is 15.2. The van der Waals surface area contributed by atoms with Crippen LogP contribution in [0.3, 0.4) is 0 Å². The molecule has 0 saturated carbocycles. The second-order valence-corrected chi connectivity index (χ2v) is 6.68. The summed E-state index contributed by atoms with van der Waals surface area (Å²) in [7, 11) is 0. The number of hydrogen-bond donors (Lipinski definition) is 1. The predicted molar refractivity (Wildman–Crippen MR) is 95.9 cm³/mol. The Morgan fingerprint density at radius 1 is 1.28 bits per heavy atom. The van der Waals surface area contributed by atoms with Crippen LogP contribution in [0, 0.1) is 0 Å². The second kappa shape index (κ2) is 10.2. The maximum atomic E-state index is 12.1. The number of cyclic esters (lactones) is 1. The van der Waals surface area contributed by atoms with Crippen molar-refractivity contribution in [3.8, 4) is 0 Å². The summed E-state index contributed by atoms with van der Waals surface area (Å²) < 4.78 is 10.7. The van der Waals surface area contributed by atoms with Crippen molar-refractivity contribution >= 4 is 11.9 Å². The van der Waals surface area contributed by atoms with Crippen LogP contribution < -0.4 is 5.32 Å². The van der Waals surface area contributed by atoms with Crippen LogP contribution in [0.2, 0.25) is 0 Å². The van der Waals surface area contributed by atoms with Crippen molar-refractivity contribution in [3.05, 3.63) is 35.9 Å². The van der Waals surface area contributed by atoms with Gasteiger partial charge in [-0.1, -0.05) is 56.5 Å². The van der Waals surface area contributed by atoms with Gasteiger partial charge < -0.3 is 9.47 Å². The van der Waals surface area contributed by atoms with Crippen LogP contribution in [0.1, 0.15) is 57.9 Å². The van der Waals surface area contributed by atoms with Gasteiger partial charge in [0.2, 0.25) is 0 Å². The molecule has 1 saturated heterocycles. The molecule has 5 nitrogen and oxygen atoms in total. The molecule has 1 heterocycles. The maximum absolute atomic E-state index is 12.1. The molecule has 2 unspecified atom stereocenters. The molecule has 0 radical (unpaired) electrons. The number of ether oxygens (including phenoxy) is 2. The third-order valence-electron chi connectivity index (χ3n) is 4.47. The van der Waals surface area contributed by atoms with Gasteiger partial charge in [-0.25, -0.2) is 0 Å². The van der Waals surface area contributed by atoms with Crippen molar-refractivity contribution in [3.63, 3.8) is 0 Å². The number of esters is 2. The standard InChI is InChI=1S/C20H29NO4/c1-3-4-5-9-12-17-13-18(20(23)25-17)21-15(2)19(22)24-14-16-10-7-6-8-11-16/h6-8,10-11,15,17-18,21H,3-5,9,12-14H2,1-2H3/t15-,17?,18?/m0/s1. The van der Waals surface area contributed by atoms with Gasteiger partial charge in [-0.15, -0.1) is 0 Å². The Morgan fingerprint density at radius 2 is 2.04 bits per heavy atom. The molecule has 3 atom stereocenters. The number of carbonyl (C=O) groups excluding carboxylic acids is 2. The molecule has 1 aliphatic rings. The lowest BCUT2D eigenvalue weighted by Gasteiger charge is -2.16. The van der Waals surface area contributed by atoms with E-state index in [9.17, 15) is 9.59 Å². The lowest BCUT2D eigenvalue weighted by Crippen LogP contribution is -2.44. The van der Waals surface area contributed by atoms with Crippen molar-refractivity contribution < 1.29 is 19.1 Å². The highest BCUT2D eigenvalue weighted by Gasteiger charge is 2.35. The molecule has 1 fully saturated rings. The van der Waals surface area contributed by atoms with Gasteiger partial charge in [0.25, 0.3) is 0 Å². The average Bonchev–Trinajstić information content (AvgIpc) is 2.97. The van der Waals surface area contributed by atoms with Gasteiger partial charge >= 0.3 is 11.9 Å². The SMILES string of the molecule is CCCCCCC1CC(N[C@@H](C)C(=O)OCc2ccccc2)C(=O)O1. The van der Waals surface area contributed by atoms with Crippen molar-refractivity contribution in [2.45, 2.75) is 77.2 Å². The van der Waals surface area contributed by atoms with Crippen molar-refractivity contribution in [1.29, 1.82) is 0 Å². The van der Waals surface area contributed by atoms with Gasteiger partial charge in [0.1, 0.15) is 24.8 Å². The average molecular weight is 347 g/mol. The summed E-state index contributed by atoms with van der Waals surface area (Å²) in [5.74, 6) is -0.619. The topological polar surface area (TPSA) is 64.6 Å². The van der Waals surface area contributed by atoms with E-state index in [1.165, 1.54) is 19.3 Å². The molecule has 0 amide bonds. The molecule has 0 spiro atoms. The molecule has 0 aromatic heterocycles. The van der Waals surface area contributed by atoms with Crippen molar-refractivity contribution in [2.75, 3.05) is 0 Å². The van der Waals surface area contributed by atoms with E-state index in [2.05, 4.69) is 12.2 Å². The van der Waals surface area contributed by atoms with E-state index in [1.54, 1.807) is 6.92 Å². The third kappa shape index (κ3) is 6.50. The number of hydrogen-bond acceptors (Lipinski definition) is 5. The Morgan fingerprint density at radius 3 is 2.76 bits per heavy atom. The van der Waals surface area contributed by atoms with Crippen LogP contribution in [0.15, 0.2) is 30.3 Å². The minimum Gasteiger partial charge on any atom is -0.461 e. The first-order valence-electron chi connectivity index (χ1n) is 9.27. The molecule has 0 aliphatic carbocycles. The lowest BCUT2D eigenvalue weighted by atomic mass is 10.0. The fourth-order valence-corrected chi connectivity index (χ4v) is 2.99. The van der Waals surface area contributed by atoms with E-state index in [-0.39, 0.29) is 24.6 Å². The lowest BCUT2D eigenvalue weighted by molar-refractivity contribution is -0.148. The molecule has 0 bridgehead atoms. The van der Waals surface area contributed by atoms with E-state index in [1.807, 2.05) is 30.3 Å². The highest BCUT2D eigenvalue weighted by molar-refractivity contribution is 5.80. The second-order valence-electron chi connectivity index (χ2n) is 6.68. The first-order valence-corrected chi connectivity index (χ1v) is 9.27. The maximum Gasteiger partial charge on any atom is 0.323 e. The number of carbonyl (C=O) groups is 2. The minimum atomic E-state index is -0.542. The monoisotopic (exact) mass is 347 g/mol. The third-order valence-corrected chi connectivity index (χ3v) is 4.47. The molecule has 1 aromatic carbocycles. The van der Waals surface area contributed by atoms with E-state index in [0.717, 1.165) is 18.4 Å². The van der Waals surface area contributed by atoms with Crippen molar-refractivity contribution in [2.24, 2.45) is 0 Å². The number of rotatable bonds is 10. The summed E-state index contributed by atoms with van der Waals surface area (Å²) in [6, 6.07) is 8.57. The summed E-state index contributed by atoms with van der Waals surface area (Å²) in [4.78, 5) is 24.1. The van der Waals surface area contributed by atoms with Gasteiger partial charge in [0.05, 0.1) is 0 Å². The summed E-state index contributed by atoms with van der Waals surface area (Å²) >= 11 is 0. The summed E-state index contributed by atoms with van der Waals surface area (Å²) in [5, 5.41) is 3.05. The van der Waals surface area contributed by atoms with E-state index in [4.69, 9.17) is 9.47 Å². The van der Waals surface area contributed by atoms with Crippen molar-refractivity contribution in [1.82, 2.24) is 5.32 Å². The van der Waals surface area contributed by atoms with Crippen LogP contribution in [-0.2, 0) is 25.7 Å². The quantitative estimate of drug-likeness (QED) is 0.519. The fraction of sp³-hybridized carbons (Fsp3) is 0.600. The van der Waals surface area contributed by atoms with Crippen LogP contribution in [0.4, 0.5) is 0 Å². The Labute approximate surface area is 150 Å². The highest BCUT2D eigenvalue weighted by Crippen LogP contribution is 2.21. The van der Waals surface area contributed by atoms with E-state index >= 15 is 0 Å². The van der Waals surface area contributed by atoms with Gasteiger partial charge in [-0.2, -0.15) is 0 Å². The molecule has 1 aliphatic heterocycles. The first-order chi connectivity index (χ1) is 12.1. The van der Waals surface area contributed by atoms with Gasteiger partial charge in [-0.3, -0.25) is 14.9 Å². The van der Waals surface area contributed by atoms with Crippen LogP contribution in [0.25, 0.3) is 0 Å². The molecule has 5 heteroatoms. The molecule has 2 rings (SSSR count). The molecule has 25 heavy (non-hydrogen) atoms. The number of benzene rings is 1. The Kier molecular flexibility index (Phi) is 7.92. The Hall–Kier alpha value is -1.88. The Bertz CT molecular complexity index is 546. The highest BCUT2D eigenvalue weighted by atomic mass is 16.6. The number of nitrogens with one attached hydrogen (secondary N) is 1. The fourth-order valence-electron chi connectivity index (χ4n) is 2.99. The van der Waals surface area contributed by atoms with Crippen LogP contribution >= 0.6 is 0 Å². The number of unbranched alkanes of at least 4 members (excludes halogenated alkanes) is 3. The Balaban J connectivity index is 1.71. The van der Waals surface area contributed by atoms with E-state index < -0.39 is 12.1 Å². The first kappa shape index (κ1) is 19.4. The van der Waals surface area contributed by atoms with Crippen LogP contribution in [-0.4, -0.2) is 30.1 Å². The molecule has 1 aromatic rings. The zero-order chi connectivity index (χ0) is 18.1. The summed E-state index contributed by atoms with van der Waals surface area (Å²) in [5.41, 5.74) is 0.940.